The Kier molecular flexibility index (Phi) is 5.72. The number of imidazole rings is 1. The summed E-state index contributed by atoms with van der Waals surface area (Å²) < 4.78 is 28.7. The van der Waals surface area contributed by atoms with Gasteiger partial charge >= 0.3 is 0 Å². The number of hydrogen-bond acceptors (Lipinski definition) is 4. The lowest BCUT2D eigenvalue weighted by Crippen LogP contribution is -2.37. The van der Waals surface area contributed by atoms with Gasteiger partial charge in [0.2, 0.25) is 10.0 Å². The Bertz CT molecular complexity index is 1070. The molecule has 7 heteroatoms. The molecule has 1 heterocycles. The van der Waals surface area contributed by atoms with Gasteiger partial charge in [-0.15, -0.1) is 0 Å². The molecule has 1 saturated carbocycles. The summed E-state index contributed by atoms with van der Waals surface area (Å²) in [5, 5.41) is 9.08. The third-order valence-corrected chi connectivity index (χ3v) is 7.40. The minimum Gasteiger partial charge on any atom is -0.396 e. The van der Waals surface area contributed by atoms with E-state index >= 15 is 0 Å². The van der Waals surface area contributed by atoms with Crippen LogP contribution in [0.2, 0.25) is 0 Å². The molecule has 0 unspecified atom stereocenters. The highest BCUT2D eigenvalue weighted by Crippen LogP contribution is 2.40. The molecule has 2 aromatic carbocycles. The van der Waals surface area contributed by atoms with Gasteiger partial charge in [-0.3, -0.25) is 0 Å². The fraction of sp³-hybridized carbons (Fsp3) is 0.409. The summed E-state index contributed by atoms with van der Waals surface area (Å²) in [7, 11) is -3.59. The largest absolute Gasteiger partial charge is 0.396 e. The van der Waals surface area contributed by atoms with Crippen molar-refractivity contribution in [1.29, 1.82) is 0 Å². The van der Waals surface area contributed by atoms with Crippen LogP contribution in [0.25, 0.3) is 11.0 Å². The number of aliphatic hydroxyl groups excluding tert-OH is 1. The molecule has 1 fully saturated rings. The Balaban J connectivity index is 1.48. The number of H-pyrrole nitrogens is 1. The molecule has 0 aliphatic heterocycles. The number of hydrogen-bond donors (Lipinski definition) is 3. The first-order chi connectivity index (χ1) is 14.0. The highest BCUT2D eigenvalue weighted by molar-refractivity contribution is 7.89. The topological polar surface area (TPSA) is 95.1 Å². The zero-order valence-electron chi connectivity index (χ0n) is 16.4. The number of sulfonamides is 1. The van der Waals surface area contributed by atoms with Crippen molar-refractivity contribution in [2.75, 3.05) is 13.2 Å². The maximum atomic E-state index is 12.9. The summed E-state index contributed by atoms with van der Waals surface area (Å²) >= 11 is 0. The molecule has 0 spiro atoms. The minimum atomic E-state index is -3.59. The third-order valence-electron chi connectivity index (χ3n) is 6.01. The second-order valence-corrected chi connectivity index (χ2v) is 9.85. The van der Waals surface area contributed by atoms with Crippen LogP contribution < -0.4 is 4.72 Å². The zero-order valence-corrected chi connectivity index (χ0v) is 17.2. The van der Waals surface area contributed by atoms with Crippen LogP contribution in [-0.2, 0) is 22.9 Å². The van der Waals surface area contributed by atoms with Gasteiger partial charge in [0.25, 0.3) is 0 Å². The van der Waals surface area contributed by atoms with Gasteiger partial charge in [-0.05, 0) is 60.4 Å². The second-order valence-electron chi connectivity index (χ2n) is 8.08. The molecule has 0 bridgehead atoms. The smallest absolute Gasteiger partial charge is 0.240 e. The van der Waals surface area contributed by atoms with Gasteiger partial charge in [0, 0.05) is 13.2 Å². The predicted molar refractivity (Wildman–Crippen MR) is 113 cm³/mol. The molecule has 3 aromatic rings. The number of fused-ring (bicyclic) bond motifs is 1. The van der Waals surface area contributed by atoms with Crippen molar-refractivity contribution in [2.45, 2.75) is 43.4 Å². The fourth-order valence-corrected chi connectivity index (χ4v) is 5.52. The quantitative estimate of drug-likeness (QED) is 0.529. The molecule has 1 aliphatic rings. The van der Waals surface area contributed by atoms with E-state index in [0.29, 0.717) is 18.5 Å². The summed E-state index contributed by atoms with van der Waals surface area (Å²) in [4.78, 5) is 7.37. The highest BCUT2D eigenvalue weighted by Gasteiger charge is 2.35. The van der Waals surface area contributed by atoms with Crippen LogP contribution in [0.3, 0.4) is 0 Å². The Hall–Kier alpha value is -2.22. The summed E-state index contributed by atoms with van der Waals surface area (Å²) in [6.07, 6.45) is 7.38. The molecule has 4 rings (SSSR count). The van der Waals surface area contributed by atoms with E-state index in [1.165, 1.54) is 5.56 Å². The molecule has 29 heavy (non-hydrogen) atoms. The van der Waals surface area contributed by atoms with Crippen molar-refractivity contribution in [3.8, 4) is 0 Å². The summed E-state index contributed by atoms with van der Waals surface area (Å²) in [6, 6.07) is 13.3. The standard InChI is InChI=1S/C22H27N3O3S/c26-12-9-17-3-5-18(6-4-17)14-22(10-1-2-11-22)15-25-29(27,28)19-7-8-20-21(13-19)24-16-23-20/h3-8,13,16,25-26H,1-2,9-12,14-15H2,(H,23,24). The van der Waals surface area contributed by atoms with Crippen LogP contribution in [0, 0.1) is 5.41 Å². The Morgan fingerprint density at radius 2 is 1.79 bits per heavy atom. The van der Waals surface area contributed by atoms with Crippen molar-refractivity contribution in [3.63, 3.8) is 0 Å². The number of aromatic amines is 1. The number of aromatic nitrogens is 2. The first-order valence-electron chi connectivity index (χ1n) is 10.1. The molecule has 154 valence electrons. The average molecular weight is 414 g/mol. The van der Waals surface area contributed by atoms with Crippen molar-refractivity contribution >= 4 is 21.1 Å². The number of aliphatic hydroxyl groups is 1. The maximum Gasteiger partial charge on any atom is 0.240 e. The fourth-order valence-electron chi connectivity index (χ4n) is 4.34. The van der Waals surface area contributed by atoms with Crippen LogP contribution >= 0.6 is 0 Å². The first kappa shape index (κ1) is 20.1. The van der Waals surface area contributed by atoms with Crippen LogP contribution in [0.15, 0.2) is 53.7 Å². The van der Waals surface area contributed by atoms with E-state index in [2.05, 4.69) is 39.0 Å². The molecule has 3 N–H and O–H groups in total. The highest BCUT2D eigenvalue weighted by atomic mass is 32.2. The minimum absolute atomic E-state index is 0.0519. The third kappa shape index (κ3) is 4.52. The van der Waals surface area contributed by atoms with Gasteiger partial charge in [-0.2, -0.15) is 0 Å². The van der Waals surface area contributed by atoms with E-state index in [4.69, 9.17) is 5.11 Å². The van der Waals surface area contributed by atoms with E-state index in [1.807, 2.05) is 0 Å². The molecular weight excluding hydrogens is 386 g/mol. The van der Waals surface area contributed by atoms with Crippen LogP contribution in [0.5, 0.6) is 0 Å². The van der Waals surface area contributed by atoms with Crippen molar-refractivity contribution in [3.05, 3.63) is 59.9 Å². The normalized spacial score (nSPS) is 16.4. The van der Waals surface area contributed by atoms with Crippen molar-refractivity contribution in [2.24, 2.45) is 5.41 Å². The molecule has 0 saturated heterocycles. The Morgan fingerprint density at radius 3 is 2.52 bits per heavy atom. The van der Waals surface area contributed by atoms with E-state index in [0.717, 1.165) is 43.2 Å². The van der Waals surface area contributed by atoms with Gasteiger partial charge in [0.1, 0.15) is 0 Å². The monoisotopic (exact) mass is 413 g/mol. The van der Waals surface area contributed by atoms with Gasteiger partial charge in [0.05, 0.1) is 22.3 Å². The first-order valence-corrected chi connectivity index (χ1v) is 11.6. The van der Waals surface area contributed by atoms with Crippen LogP contribution in [0.4, 0.5) is 0 Å². The van der Waals surface area contributed by atoms with Gasteiger partial charge < -0.3 is 10.1 Å². The Labute approximate surface area is 171 Å². The molecule has 6 nitrogen and oxygen atoms in total. The lowest BCUT2D eigenvalue weighted by atomic mass is 9.80. The molecule has 0 amide bonds. The van der Waals surface area contributed by atoms with Crippen molar-refractivity contribution in [1.82, 2.24) is 14.7 Å². The van der Waals surface area contributed by atoms with Gasteiger partial charge in [0.15, 0.2) is 0 Å². The lowest BCUT2D eigenvalue weighted by Gasteiger charge is -2.29. The van der Waals surface area contributed by atoms with E-state index < -0.39 is 10.0 Å². The van der Waals surface area contributed by atoms with Crippen LogP contribution in [0.1, 0.15) is 36.8 Å². The summed E-state index contributed by atoms with van der Waals surface area (Å²) in [5.41, 5.74) is 3.74. The van der Waals surface area contributed by atoms with E-state index in [-0.39, 0.29) is 16.9 Å². The average Bonchev–Trinajstić information content (AvgIpc) is 3.37. The molecule has 0 radical (unpaired) electrons. The van der Waals surface area contributed by atoms with E-state index in [1.54, 1.807) is 24.5 Å². The van der Waals surface area contributed by atoms with Crippen molar-refractivity contribution < 1.29 is 13.5 Å². The lowest BCUT2D eigenvalue weighted by molar-refractivity contribution is 0.294. The SMILES string of the molecule is O=S(=O)(NCC1(Cc2ccc(CCO)cc2)CCCC1)c1ccc2nc[nH]c2c1. The zero-order chi connectivity index (χ0) is 20.3. The van der Waals surface area contributed by atoms with E-state index in [9.17, 15) is 8.42 Å². The summed E-state index contributed by atoms with van der Waals surface area (Å²) in [5.74, 6) is 0. The second kappa shape index (κ2) is 8.26. The molecule has 1 aromatic heterocycles. The predicted octanol–water partition coefficient (Wildman–Crippen LogP) is 3.18. The number of rotatable bonds is 8. The Morgan fingerprint density at radius 1 is 1.07 bits per heavy atom. The number of benzene rings is 2. The molecule has 1 aliphatic carbocycles. The maximum absolute atomic E-state index is 12.9. The van der Waals surface area contributed by atoms with Gasteiger partial charge in [-0.25, -0.2) is 18.1 Å². The number of nitrogens with one attached hydrogen (secondary N) is 2. The summed E-state index contributed by atoms with van der Waals surface area (Å²) in [6.45, 7) is 0.587. The number of nitrogens with zero attached hydrogens (tertiary/aromatic N) is 1. The molecule has 0 atom stereocenters. The van der Waals surface area contributed by atoms with Gasteiger partial charge in [-0.1, -0.05) is 37.1 Å². The van der Waals surface area contributed by atoms with Crippen LogP contribution in [-0.4, -0.2) is 36.6 Å². The molecular formula is C22H27N3O3S.